The molecule has 0 aromatic heterocycles. The lowest BCUT2D eigenvalue weighted by atomic mass is 9.96. The van der Waals surface area contributed by atoms with E-state index in [1.807, 2.05) is 38.1 Å². The molecule has 0 spiro atoms. The topological polar surface area (TPSA) is 61.9 Å². The second-order valence-electron chi connectivity index (χ2n) is 7.21. The smallest absolute Gasteiger partial charge is 0.250 e. The lowest BCUT2D eigenvalue weighted by molar-refractivity contribution is -0.129. The van der Waals surface area contributed by atoms with Crippen LogP contribution in [0.25, 0.3) is 0 Å². The first-order valence-corrected chi connectivity index (χ1v) is 8.40. The number of anilines is 2. The number of para-hydroxylation sites is 2. The van der Waals surface area contributed by atoms with Crippen LogP contribution < -0.4 is 10.2 Å². The van der Waals surface area contributed by atoms with Crippen LogP contribution in [-0.4, -0.2) is 54.1 Å². The van der Waals surface area contributed by atoms with Crippen LogP contribution in [0.4, 0.5) is 11.4 Å². The molecule has 1 aromatic rings. The number of fused-ring (bicyclic) bond motifs is 1. The Morgan fingerprint density at radius 1 is 1.25 bits per heavy atom. The van der Waals surface area contributed by atoms with Crippen molar-refractivity contribution in [3.63, 3.8) is 0 Å². The molecule has 0 radical (unpaired) electrons. The average Bonchev–Trinajstić information content (AvgIpc) is 2.46. The Morgan fingerprint density at radius 3 is 2.54 bits per heavy atom. The minimum atomic E-state index is -0.922. The number of morpholine rings is 1. The molecule has 0 aliphatic carbocycles. The maximum Gasteiger partial charge on any atom is 0.250 e. The van der Waals surface area contributed by atoms with E-state index < -0.39 is 5.54 Å². The van der Waals surface area contributed by atoms with Gasteiger partial charge in [0.1, 0.15) is 5.54 Å². The molecular weight excluding hydrogens is 306 g/mol. The van der Waals surface area contributed by atoms with Gasteiger partial charge in [0.15, 0.2) is 0 Å². The van der Waals surface area contributed by atoms with Crippen molar-refractivity contribution in [2.24, 2.45) is 0 Å². The van der Waals surface area contributed by atoms with E-state index in [0.29, 0.717) is 5.69 Å². The number of benzene rings is 1. The van der Waals surface area contributed by atoms with Crippen LogP contribution in [-0.2, 0) is 14.3 Å². The van der Waals surface area contributed by atoms with Crippen molar-refractivity contribution >= 4 is 23.2 Å². The van der Waals surface area contributed by atoms with E-state index >= 15 is 0 Å². The minimum Gasteiger partial charge on any atom is -0.373 e. The number of rotatable bonds is 2. The van der Waals surface area contributed by atoms with Gasteiger partial charge in [0.25, 0.3) is 0 Å². The van der Waals surface area contributed by atoms with Crippen molar-refractivity contribution in [2.75, 3.05) is 29.9 Å². The van der Waals surface area contributed by atoms with E-state index in [1.54, 1.807) is 18.7 Å². The van der Waals surface area contributed by atoms with Crippen molar-refractivity contribution in [3.8, 4) is 0 Å². The van der Waals surface area contributed by atoms with Gasteiger partial charge < -0.3 is 10.1 Å². The molecule has 130 valence electrons. The zero-order valence-electron chi connectivity index (χ0n) is 14.7. The Hall–Kier alpha value is -1.92. The third kappa shape index (κ3) is 3.03. The van der Waals surface area contributed by atoms with Gasteiger partial charge in [0.2, 0.25) is 11.8 Å². The van der Waals surface area contributed by atoms with Crippen LogP contribution >= 0.6 is 0 Å². The number of nitrogens with zero attached hydrogens (tertiary/aromatic N) is 2. The highest BCUT2D eigenvalue weighted by Gasteiger charge is 2.43. The fourth-order valence-corrected chi connectivity index (χ4v) is 3.57. The van der Waals surface area contributed by atoms with Crippen LogP contribution in [0.5, 0.6) is 0 Å². The summed E-state index contributed by atoms with van der Waals surface area (Å²) in [7, 11) is 0. The fraction of sp³-hybridized carbons (Fsp3) is 0.556. The Kier molecular flexibility index (Phi) is 4.36. The predicted molar refractivity (Wildman–Crippen MR) is 93.1 cm³/mol. The fourth-order valence-electron chi connectivity index (χ4n) is 3.57. The third-order valence-corrected chi connectivity index (χ3v) is 4.61. The van der Waals surface area contributed by atoms with Gasteiger partial charge in [-0.15, -0.1) is 0 Å². The van der Waals surface area contributed by atoms with Crippen LogP contribution in [0.3, 0.4) is 0 Å². The molecule has 6 nitrogen and oxygen atoms in total. The Bertz CT molecular complexity index is 649. The summed E-state index contributed by atoms with van der Waals surface area (Å²) in [5, 5.41) is 2.89. The third-order valence-electron chi connectivity index (χ3n) is 4.61. The number of ether oxygens (including phenoxy) is 1. The molecule has 2 heterocycles. The molecule has 1 saturated heterocycles. The number of nitrogens with one attached hydrogen (secondary N) is 1. The summed E-state index contributed by atoms with van der Waals surface area (Å²) in [6, 6.07) is 7.43. The lowest BCUT2D eigenvalue weighted by Crippen LogP contribution is -2.61. The summed E-state index contributed by atoms with van der Waals surface area (Å²) >= 11 is 0. The monoisotopic (exact) mass is 331 g/mol. The molecule has 24 heavy (non-hydrogen) atoms. The van der Waals surface area contributed by atoms with Gasteiger partial charge in [-0.2, -0.15) is 0 Å². The highest BCUT2D eigenvalue weighted by molar-refractivity contribution is 6.14. The maximum absolute atomic E-state index is 13.1. The average molecular weight is 331 g/mol. The van der Waals surface area contributed by atoms with Crippen LogP contribution in [0.1, 0.15) is 27.7 Å². The first-order chi connectivity index (χ1) is 11.3. The Morgan fingerprint density at radius 2 is 1.88 bits per heavy atom. The molecule has 2 aliphatic heterocycles. The summed E-state index contributed by atoms with van der Waals surface area (Å²) in [6.07, 6.45) is 0.206. The molecule has 2 atom stereocenters. The van der Waals surface area contributed by atoms with Crippen molar-refractivity contribution < 1.29 is 14.3 Å². The van der Waals surface area contributed by atoms with E-state index in [-0.39, 0.29) is 30.6 Å². The van der Waals surface area contributed by atoms with Gasteiger partial charge in [-0.1, -0.05) is 12.1 Å². The number of carbonyl (C=O) groups is 2. The van der Waals surface area contributed by atoms with Gasteiger partial charge in [0.05, 0.1) is 30.1 Å². The van der Waals surface area contributed by atoms with E-state index in [0.717, 1.165) is 18.8 Å². The van der Waals surface area contributed by atoms with E-state index in [2.05, 4.69) is 10.2 Å². The molecule has 2 aliphatic rings. The molecular formula is C18H25N3O3. The zero-order chi connectivity index (χ0) is 17.5. The lowest BCUT2D eigenvalue weighted by Gasteiger charge is -2.43. The van der Waals surface area contributed by atoms with Gasteiger partial charge >= 0.3 is 0 Å². The van der Waals surface area contributed by atoms with E-state index in [1.165, 1.54) is 0 Å². The summed E-state index contributed by atoms with van der Waals surface area (Å²) in [5.41, 5.74) is 0.509. The highest BCUT2D eigenvalue weighted by Crippen LogP contribution is 2.36. The van der Waals surface area contributed by atoms with Gasteiger partial charge in [-0.05, 0) is 39.8 Å². The molecule has 2 unspecified atom stereocenters. The molecule has 1 aromatic carbocycles. The quantitative estimate of drug-likeness (QED) is 0.898. The molecule has 6 heteroatoms. The SMILES string of the molecule is CC1CN(CC(=O)N2c3ccccc3NC(=O)C2(C)C)CC(C)O1. The first kappa shape index (κ1) is 16.9. The standard InChI is InChI=1S/C18H25N3O3/c1-12-9-20(10-13(2)24-12)11-16(22)21-15-8-6-5-7-14(15)19-17(23)18(21,3)4/h5-8,12-13H,9-11H2,1-4H3,(H,19,23). The second-order valence-corrected chi connectivity index (χ2v) is 7.21. The number of hydrogen-bond acceptors (Lipinski definition) is 4. The largest absolute Gasteiger partial charge is 0.373 e. The second kappa shape index (κ2) is 6.18. The Balaban J connectivity index is 1.86. The van der Waals surface area contributed by atoms with Crippen LogP contribution in [0.15, 0.2) is 24.3 Å². The van der Waals surface area contributed by atoms with Gasteiger partial charge in [0, 0.05) is 13.1 Å². The Labute approximate surface area is 142 Å². The van der Waals surface area contributed by atoms with Gasteiger partial charge in [-0.25, -0.2) is 0 Å². The molecule has 0 saturated carbocycles. The van der Waals surface area contributed by atoms with Gasteiger partial charge in [-0.3, -0.25) is 19.4 Å². The molecule has 3 rings (SSSR count). The van der Waals surface area contributed by atoms with E-state index in [4.69, 9.17) is 4.74 Å². The number of carbonyl (C=O) groups excluding carboxylic acids is 2. The maximum atomic E-state index is 13.1. The van der Waals surface area contributed by atoms with Crippen molar-refractivity contribution in [3.05, 3.63) is 24.3 Å². The van der Waals surface area contributed by atoms with Crippen molar-refractivity contribution in [2.45, 2.75) is 45.4 Å². The summed E-state index contributed by atoms with van der Waals surface area (Å²) in [4.78, 5) is 29.3. The molecule has 2 amide bonds. The zero-order valence-corrected chi connectivity index (χ0v) is 14.7. The summed E-state index contributed by atoms with van der Waals surface area (Å²) < 4.78 is 5.73. The minimum absolute atomic E-state index is 0.0661. The highest BCUT2D eigenvalue weighted by atomic mass is 16.5. The normalized spacial score (nSPS) is 26.7. The molecule has 0 bridgehead atoms. The van der Waals surface area contributed by atoms with Crippen LogP contribution in [0.2, 0.25) is 0 Å². The number of amides is 2. The number of hydrogen-bond donors (Lipinski definition) is 1. The summed E-state index contributed by atoms with van der Waals surface area (Å²) in [6.45, 7) is 9.31. The first-order valence-electron chi connectivity index (χ1n) is 8.40. The molecule has 1 N–H and O–H groups in total. The van der Waals surface area contributed by atoms with Crippen molar-refractivity contribution in [1.29, 1.82) is 0 Å². The van der Waals surface area contributed by atoms with E-state index in [9.17, 15) is 9.59 Å². The molecule has 1 fully saturated rings. The predicted octanol–water partition coefficient (Wildman–Crippen LogP) is 1.86. The van der Waals surface area contributed by atoms with Crippen molar-refractivity contribution in [1.82, 2.24) is 4.90 Å². The summed E-state index contributed by atoms with van der Waals surface area (Å²) in [5.74, 6) is -0.234. The van der Waals surface area contributed by atoms with Crippen LogP contribution in [0, 0.1) is 0 Å².